The summed E-state index contributed by atoms with van der Waals surface area (Å²) in [5, 5.41) is -0.152. The maximum atomic E-state index is 14.4. The third-order valence-corrected chi connectivity index (χ3v) is 4.87. The maximum absolute atomic E-state index is 14.4. The molecule has 4 N–H and O–H groups in total. The van der Waals surface area contributed by atoms with E-state index in [2.05, 4.69) is 9.27 Å². The van der Waals surface area contributed by atoms with Crippen LogP contribution in [0.3, 0.4) is 0 Å². The summed E-state index contributed by atoms with van der Waals surface area (Å²) in [6, 6.07) is -5.68. The Kier molecular flexibility index (Phi) is 5.48. The molecule has 3 atom stereocenters. The molecule has 2 fully saturated rings. The van der Waals surface area contributed by atoms with Crippen molar-refractivity contribution in [1.82, 2.24) is 25.0 Å². The Bertz CT molecular complexity index is 909. The van der Waals surface area contributed by atoms with Crippen LogP contribution in [0.25, 0.3) is 0 Å². The van der Waals surface area contributed by atoms with Crippen molar-refractivity contribution in [2.45, 2.75) is 30.5 Å². The summed E-state index contributed by atoms with van der Waals surface area (Å²) in [5.74, 6) is -4.27. The van der Waals surface area contributed by atoms with Gasteiger partial charge in [-0.3, -0.25) is 14.2 Å². The minimum Gasteiger partial charge on any atom is -0.337 e. The van der Waals surface area contributed by atoms with Crippen LogP contribution >= 0.6 is 0 Å². The van der Waals surface area contributed by atoms with Crippen LogP contribution in [-0.4, -0.2) is 75.6 Å². The van der Waals surface area contributed by atoms with Gasteiger partial charge in [0.1, 0.15) is 17.9 Å². The molecule has 3 heterocycles. The molecule has 2 bridgehead atoms. The number of hydrogen-bond acceptors (Lipinski definition) is 8. The number of nitrogens with two attached hydrogens (primary N) is 1. The van der Waals surface area contributed by atoms with E-state index in [0.29, 0.717) is 10.7 Å². The lowest BCUT2D eigenvalue weighted by Crippen LogP contribution is -2.56. The number of carbonyl (C=O) groups excluding carboxylic acids is 2. The van der Waals surface area contributed by atoms with Gasteiger partial charge in [0.05, 0.1) is 19.2 Å². The number of carbonyl (C=O) groups is 2. The quantitative estimate of drug-likeness (QED) is 0.345. The number of aromatic nitrogens is 2. The number of urea groups is 1. The van der Waals surface area contributed by atoms with Gasteiger partial charge in [0.2, 0.25) is 0 Å². The second kappa shape index (κ2) is 7.45. The van der Waals surface area contributed by atoms with Crippen molar-refractivity contribution in [2.75, 3.05) is 13.2 Å². The Morgan fingerprint density at radius 2 is 2.24 bits per heavy atom. The van der Waals surface area contributed by atoms with Crippen molar-refractivity contribution in [3.63, 3.8) is 0 Å². The van der Waals surface area contributed by atoms with Crippen LogP contribution < -0.4 is 11.2 Å². The molecule has 0 aromatic carbocycles. The molecule has 2 saturated heterocycles. The number of halogens is 2. The number of piperidine rings is 1. The van der Waals surface area contributed by atoms with E-state index in [1.165, 1.54) is 6.20 Å². The highest BCUT2D eigenvalue weighted by Crippen LogP contribution is 2.41. The zero-order valence-electron chi connectivity index (χ0n) is 14.9. The van der Waals surface area contributed by atoms with E-state index < -0.39 is 59.4 Å². The fraction of sp³-hybridized carbons (Fsp3) is 0.615. The fourth-order valence-electron chi connectivity index (χ4n) is 3.17. The lowest BCUT2D eigenvalue weighted by Gasteiger charge is -2.34. The maximum Gasteiger partial charge on any atom is 0.418 e. The summed E-state index contributed by atoms with van der Waals surface area (Å²) in [6.07, 6.45) is 2.05. The van der Waals surface area contributed by atoms with E-state index in [-0.39, 0.29) is 11.7 Å². The number of imidazole rings is 1. The molecule has 29 heavy (non-hydrogen) atoms. The molecule has 0 radical (unpaired) electrons. The molecule has 3 rings (SSSR count). The molecule has 0 spiro atoms. The molecule has 2 aliphatic heterocycles. The molecule has 0 aliphatic carbocycles. The molecule has 2 aliphatic rings. The second-order valence-electron chi connectivity index (χ2n) is 6.54. The van der Waals surface area contributed by atoms with Gasteiger partial charge in [0, 0.05) is 25.9 Å². The fourth-order valence-corrected chi connectivity index (χ4v) is 3.54. The van der Waals surface area contributed by atoms with Crippen molar-refractivity contribution in [3.8, 4) is 0 Å². The molecule has 162 valence electrons. The Morgan fingerprint density at radius 3 is 2.83 bits per heavy atom. The largest absolute Gasteiger partial charge is 0.418 e. The van der Waals surface area contributed by atoms with Crippen molar-refractivity contribution in [1.29, 1.82) is 0 Å². The van der Waals surface area contributed by atoms with E-state index in [9.17, 15) is 26.8 Å². The van der Waals surface area contributed by atoms with Crippen molar-refractivity contribution in [2.24, 2.45) is 12.8 Å². The van der Waals surface area contributed by atoms with Crippen molar-refractivity contribution >= 4 is 22.3 Å². The van der Waals surface area contributed by atoms with E-state index in [4.69, 9.17) is 15.1 Å². The van der Waals surface area contributed by atoms with Gasteiger partial charge in [-0.05, 0) is 0 Å². The molecule has 1 aromatic rings. The highest BCUT2D eigenvalue weighted by atomic mass is 32.3. The minimum absolute atomic E-state index is 0.152. The smallest absolute Gasteiger partial charge is 0.337 e. The summed E-state index contributed by atoms with van der Waals surface area (Å²) in [7, 11) is -3.52. The van der Waals surface area contributed by atoms with E-state index in [1.54, 1.807) is 17.8 Å². The Labute approximate surface area is 163 Å². The van der Waals surface area contributed by atoms with Gasteiger partial charge in [-0.15, -0.1) is 4.28 Å². The predicted molar refractivity (Wildman–Crippen MR) is 87.9 cm³/mol. The first-order chi connectivity index (χ1) is 13.4. The molecule has 0 saturated carbocycles. The molecule has 13 nitrogen and oxygen atoms in total. The summed E-state index contributed by atoms with van der Waals surface area (Å²) >= 11 is 0. The second-order valence-corrected chi connectivity index (χ2v) is 7.54. The van der Waals surface area contributed by atoms with Gasteiger partial charge in [0.15, 0.2) is 0 Å². The van der Waals surface area contributed by atoms with Gasteiger partial charge in [-0.1, -0.05) is 0 Å². The normalized spacial score (nSPS) is 24.7. The number of nitrogens with zero attached hydrogens (tertiary/aromatic N) is 4. The van der Waals surface area contributed by atoms with Gasteiger partial charge in [-0.2, -0.15) is 13.5 Å². The highest BCUT2D eigenvalue weighted by molar-refractivity contribution is 7.80. The lowest BCUT2D eigenvalue weighted by atomic mass is 9.96. The summed E-state index contributed by atoms with van der Waals surface area (Å²) < 4.78 is 64.7. The number of fused-ring (bicyclic) bond motifs is 2. The third kappa shape index (κ3) is 4.30. The number of hydroxylamine groups is 3. The SMILES string of the molecule is Cn1ccnc1C(N)CONC(=O)[C@@H]1CC(F)(F)[C@@H]2CN1C(=O)N2OS(=O)(=O)O. The average Bonchev–Trinajstić information content (AvgIpc) is 3.14. The lowest BCUT2D eigenvalue weighted by molar-refractivity contribution is -0.159. The predicted octanol–water partition coefficient (Wildman–Crippen LogP) is -1.28. The first-order valence-electron chi connectivity index (χ1n) is 8.20. The third-order valence-electron chi connectivity index (χ3n) is 4.52. The number of nitrogens with one attached hydrogen (secondary N) is 1. The number of aryl methyl sites for hydroxylation is 1. The number of rotatable bonds is 7. The molecule has 1 aromatic heterocycles. The van der Waals surface area contributed by atoms with Crippen LogP contribution in [0, 0.1) is 0 Å². The Hall–Kier alpha value is -2.40. The standard InChI is InChI=1S/C13H18F2N6O7S/c1-19-3-2-17-10(19)7(16)6-27-18-11(22)8-4-13(14,15)9-5-20(8)12(23)21(9)28-29(24,25)26/h2-3,7-9H,4-6,16H2,1H3,(H,18,22)(H,24,25,26)/t7?,8-,9-/m0/s1. The monoisotopic (exact) mass is 440 g/mol. The van der Waals surface area contributed by atoms with Crippen LogP contribution in [0.2, 0.25) is 0 Å². The minimum atomic E-state index is -5.22. The Morgan fingerprint density at radius 1 is 1.55 bits per heavy atom. The Balaban J connectivity index is 1.64. The number of amides is 3. The topological polar surface area (TPSA) is 169 Å². The number of hydrogen-bond donors (Lipinski definition) is 3. The van der Waals surface area contributed by atoms with E-state index >= 15 is 0 Å². The summed E-state index contributed by atoms with van der Waals surface area (Å²) in [4.78, 5) is 34.2. The first kappa shape index (κ1) is 21.3. The highest BCUT2D eigenvalue weighted by Gasteiger charge is 2.62. The average molecular weight is 440 g/mol. The van der Waals surface area contributed by atoms with E-state index in [1.807, 2.05) is 5.48 Å². The van der Waals surface area contributed by atoms with E-state index in [0.717, 1.165) is 0 Å². The first-order valence-corrected chi connectivity index (χ1v) is 9.56. The van der Waals surface area contributed by atoms with Crippen LogP contribution in [0.1, 0.15) is 18.3 Å². The molecular weight excluding hydrogens is 422 g/mol. The van der Waals surface area contributed by atoms with Crippen LogP contribution in [0.5, 0.6) is 0 Å². The van der Waals surface area contributed by atoms with Gasteiger partial charge < -0.3 is 15.2 Å². The van der Waals surface area contributed by atoms with Crippen LogP contribution in [0.15, 0.2) is 12.4 Å². The van der Waals surface area contributed by atoms with Gasteiger partial charge in [-0.25, -0.2) is 24.0 Å². The zero-order valence-corrected chi connectivity index (χ0v) is 15.8. The van der Waals surface area contributed by atoms with Crippen molar-refractivity contribution in [3.05, 3.63) is 18.2 Å². The van der Waals surface area contributed by atoms with Gasteiger partial charge >= 0.3 is 16.4 Å². The van der Waals surface area contributed by atoms with Crippen molar-refractivity contribution < 1.29 is 40.5 Å². The molecular formula is C13H18F2N6O7S. The summed E-state index contributed by atoms with van der Waals surface area (Å²) in [6.45, 7) is -0.916. The zero-order chi connectivity index (χ0) is 21.6. The number of alkyl halides is 2. The van der Waals surface area contributed by atoms with Gasteiger partial charge in [0.25, 0.3) is 11.8 Å². The molecule has 3 amide bonds. The van der Waals surface area contributed by atoms with Crippen LogP contribution in [-0.2, 0) is 31.4 Å². The molecule has 1 unspecified atom stereocenters. The molecule has 16 heteroatoms. The summed E-state index contributed by atoms with van der Waals surface area (Å²) in [5.41, 5.74) is 7.82. The van der Waals surface area contributed by atoms with Crippen LogP contribution in [0.4, 0.5) is 13.6 Å².